The van der Waals surface area contributed by atoms with Gasteiger partial charge in [-0.25, -0.2) is 0 Å². The number of ether oxygens (including phenoxy) is 2. The van der Waals surface area contributed by atoms with Crippen LogP contribution in [-0.2, 0) is 4.74 Å². The molecule has 0 fully saturated rings. The van der Waals surface area contributed by atoms with Crippen molar-refractivity contribution < 1.29 is 9.47 Å². The number of nitrogens with zero attached hydrogens (tertiary/aromatic N) is 3. The highest BCUT2D eigenvalue weighted by Gasteiger charge is 2.06. The van der Waals surface area contributed by atoms with E-state index in [9.17, 15) is 0 Å². The van der Waals surface area contributed by atoms with Gasteiger partial charge in [-0.15, -0.1) is 0 Å². The van der Waals surface area contributed by atoms with Gasteiger partial charge in [0.05, 0.1) is 12.7 Å². The van der Waals surface area contributed by atoms with Gasteiger partial charge in [0, 0.05) is 13.7 Å². The quantitative estimate of drug-likeness (QED) is 0.765. The Balaban J connectivity index is 2.65. The fraction of sp³-hybridized carbons (Fsp3) is 0.667. The summed E-state index contributed by atoms with van der Waals surface area (Å²) in [5.41, 5.74) is 0. The maximum Gasteiger partial charge on any atom is 0.322 e. The minimum Gasteiger partial charge on any atom is -0.461 e. The van der Waals surface area contributed by atoms with E-state index < -0.39 is 0 Å². The molecule has 0 radical (unpaired) electrons. The minimum atomic E-state index is -0.00899. The average Bonchev–Trinajstić information content (AvgIpc) is 2.16. The zero-order chi connectivity index (χ0) is 12.0. The van der Waals surface area contributed by atoms with Gasteiger partial charge < -0.3 is 14.8 Å². The maximum atomic E-state index is 5.73. The Morgan fingerprint density at radius 3 is 2.69 bits per heavy atom. The van der Waals surface area contributed by atoms with Crippen LogP contribution in [0.2, 0.25) is 5.28 Å². The number of nitrogens with one attached hydrogen (secondary N) is 1. The molecule has 1 rings (SSSR count). The number of rotatable bonds is 6. The van der Waals surface area contributed by atoms with Crippen LogP contribution in [0.15, 0.2) is 0 Å². The highest BCUT2D eigenvalue weighted by atomic mass is 35.5. The van der Waals surface area contributed by atoms with Crippen molar-refractivity contribution in [1.29, 1.82) is 0 Å². The molecule has 0 amide bonds. The lowest BCUT2D eigenvalue weighted by atomic mass is 10.5. The Labute approximate surface area is 99.4 Å². The summed E-state index contributed by atoms with van der Waals surface area (Å²) in [7, 11) is 1.62. The second kappa shape index (κ2) is 6.44. The lowest BCUT2D eigenvalue weighted by molar-refractivity contribution is 0.210. The van der Waals surface area contributed by atoms with Crippen LogP contribution in [0.3, 0.4) is 0 Å². The summed E-state index contributed by atoms with van der Waals surface area (Å²) < 4.78 is 10.2. The van der Waals surface area contributed by atoms with E-state index in [0.29, 0.717) is 19.1 Å². The highest BCUT2D eigenvalue weighted by molar-refractivity contribution is 6.28. The van der Waals surface area contributed by atoms with Crippen molar-refractivity contribution in [1.82, 2.24) is 15.0 Å². The van der Waals surface area contributed by atoms with Crippen LogP contribution in [0.25, 0.3) is 0 Å². The van der Waals surface area contributed by atoms with E-state index in [4.69, 9.17) is 21.1 Å². The number of aromatic nitrogens is 3. The molecule has 0 bridgehead atoms. The van der Waals surface area contributed by atoms with E-state index in [1.54, 1.807) is 7.11 Å². The molecule has 16 heavy (non-hydrogen) atoms. The van der Waals surface area contributed by atoms with E-state index in [2.05, 4.69) is 20.3 Å². The molecular weight excluding hydrogens is 232 g/mol. The van der Waals surface area contributed by atoms with Crippen molar-refractivity contribution in [3.05, 3.63) is 5.28 Å². The summed E-state index contributed by atoms with van der Waals surface area (Å²) in [6, 6.07) is 0.218. The zero-order valence-corrected chi connectivity index (χ0v) is 10.3. The Morgan fingerprint density at radius 1 is 1.31 bits per heavy atom. The summed E-state index contributed by atoms with van der Waals surface area (Å²) >= 11 is 5.73. The van der Waals surface area contributed by atoms with E-state index >= 15 is 0 Å². The molecule has 0 spiro atoms. The first-order valence-corrected chi connectivity index (χ1v) is 5.30. The van der Waals surface area contributed by atoms with E-state index in [0.717, 1.165) is 0 Å². The van der Waals surface area contributed by atoms with Crippen LogP contribution in [0.1, 0.15) is 13.8 Å². The van der Waals surface area contributed by atoms with Crippen LogP contribution >= 0.6 is 11.6 Å². The molecule has 0 atom stereocenters. The van der Waals surface area contributed by atoms with E-state index in [-0.39, 0.29) is 17.4 Å². The topological polar surface area (TPSA) is 69.2 Å². The standard InChI is InChI=1S/C9H15ClN4O2/c1-6(2)16-9-13-7(10)12-8(14-9)11-4-5-15-3/h6H,4-5H2,1-3H3,(H,11,12,13,14). The van der Waals surface area contributed by atoms with Gasteiger partial charge in [-0.1, -0.05) is 0 Å². The number of hydrogen-bond donors (Lipinski definition) is 1. The van der Waals surface area contributed by atoms with E-state index in [1.165, 1.54) is 0 Å². The zero-order valence-electron chi connectivity index (χ0n) is 9.53. The van der Waals surface area contributed by atoms with Gasteiger partial charge in [0.25, 0.3) is 0 Å². The van der Waals surface area contributed by atoms with Crippen molar-refractivity contribution in [3.63, 3.8) is 0 Å². The van der Waals surface area contributed by atoms with Crippen molar-refractivity contribution in [2.24, 2.45) is 0 Å². The first-order chi connectivity index (χ1) is 7.61. The molecule has 0 saturated carbocycles. The van der Waals surface area contributed by atoms with Crippen LogP contribution < -0.4 is 10.1 Å². The molecule has 0 aliphatic carbocycles. The van der Waals surface area contributed by atoms with Gasteiger partial charge in [-0.2, -0.15) is 15.0 Å². The highest BCUT2D eigenvalue weighted by Crippen LogP contribution is 2.12. The molecule has 90 valence electrons. The van der Waals surface area contributed by atoms with Gasteiger partial charge >= 0.3 is 6.01 Å². The Hall–Kier alpha value is -1.14. The summed E-state index contributed by atoms with van der Waals surface area (Å²) in [6.07, 6.45) is -0.00899. The van der Waals surface area contributed by atoms with E-state index in [1.807, 2.05) is 13.8 Å². The number of halogens is 1. The average molecular weight is 247 g/mol. The van der Waals surface area contributed by atoms with Crippen molar-refractivity contribution in [3.8, 4) is 6.01 Å². The third-order valence-electron chi connectivity index (χ3n) is 1.52. The van der Waals surface area contributed by atoms with Gasteiger partial charge in [-0.05, 0) is 25.4 Å². The van der Waals surface area contributed by atoms with Crippen molar-refractivity contribution >= 4 is 17.5 Å². The third kappa shape index (κ3) is 4.59. The Kier molecular flexibility index (Phi) is 5.21. The predicted molar refractivity (Wildman–Crippen MR) is 61.0 cm³/mol. The molecule has 0 saturated heterocycles. The molecular formula is C9H15ClN4O2. The third-order valence-corrected chi connectivity index (χ3v) is 1.69. The van der Waals surface area contributed by atoms with Crippen LogP contribution in [0.5, 0.6) is 6.01 Å². The summed E-state index contributed by atoms with van der Waals surface area (Å²) in [4.78, 5) is 11.8. The van der Waals surface area contributed by atoms with Crippen LogP contribution in [0.4, 0.5) is 5.95 Å². The van der Waals surface area contributed by atoms with Gasteiger partial charge in [0.1, 0.15) is 0 Å². The first kappa shape index (κ1) is 12.9. The fourth-order valence-corrected chi connectivity index (χ4v) is 1.09. The number of anilines is 1. The molecule has 1 aromatic heterocycles. The summed E-state index contributed by atoms with van der Waals surface area (Å²) in [5.74, 6) is 0.382. The predicted octanol–water partition coefficient (Wildman–Crippen LogP) is 1.37. The molecule has 0 aliphatic heterocycles. The van der Waals surface area contributed by atoms with Crippen LogP contribution in [-0.4, -0.2) is 41.3 Å². The second-order valence-electron chi connectivity index (χ2n) is 3.30. The fourth-order valence-electron chi connectivity index (χ4n) is 0.939. The monoisotopic (exact) mass is 246 g/mol. The molecule has 6 nitrogen and oxygen atoms in total. The van der Waals surface area contributed by atoms with Gasteiger partial charge in [-0.3, -0.25) is 0 Å². The molecule has 1 heterocycles. The molecule has 1 N–H and O–H groups in total. The maximum absolute atomic E-state index is 5.73. The number of methoxy groups -OCH3 is 1. The van der Waals surface area contributed by atoms with Crippen molar-refractivity contribution in [2.45, 2.75) is 20.0 Å². The smallest absolute Gasteiger partial charge is 0.322 e. The minimum absolute atomic E-state index is 0.00899. The molecule has 0 unspecified atom stereocenters. The molecule has 7 heteroatoms. The first-order valence-electron chi connectivity index (χ1n) is 4.93. The largest absolute Gasteiger partial charge is 0.461 e. The SMILES string of the molecule is COCCNc1nc(Cl)nc(OC(C)C)n1. The Morgan fingerprint density at radius 2 is 2.06 bits per heavy atom. The number of hydrogen-bond acceptors (Lipinski definition) is 6. The Bertz CT molecular complexity index is 335. The molecule has 0 aliphatic rings. The second-order valence-corrected chi connectivity index (χ2v) is 3.63. The van der Waals surface area contributed by atoms with Crippen molar-refractivity contribution in [2.75, 3.05) is 25.6 Å². The van der Waals surface area contributed by atoms with Crippen LogP contribution in [0, 0.1) is 0 Å². The molecule has 0 aromatic carbocycles. The summed E-state index contributed by atoms with van der Waals surface area (Å²) in [6.45, 7) is 4.92. The lowest BCUT2D eigenvalue weighted by Crippen LogP contribution is -2.13. The summed E-state index contributed by atoms with van der Waals surface area (Å²) in [5, 5.41) is 3.05. The lowest BCUT2D eigenvalue weighted by Gasteiger charge is -2.09. The van der Waals surface area contributed by atoms with Gasteiger partial charge in [0.2, 0.25) is 11.2 Å². The normalized spacial score (nSPS) is 10.6. The van der Waals surface area contributed by atoms with Gasteiger partial charge in [0.15, 0.2) is 0 Å². The molecule has 1 aromatic rings.